The lowest BCUT2D eigenvalue weighted by molar-refractivity contribution is -0.201. The standard InChI is InChI=1S/C24H26ClIN2O3/c1-16(2)31-24(17-8-4-3-5-9-17,15-30-21-10-6-7-13-29-21)22-19-14-18(26)11-12-20(19)27-23(25)28-22/h3-5,8-9,11-12,14,16,21H,6-7,10,13,15H2,1-2H3. The van der Waals surface area contributed by atoms with E-state index in [0.29, 0.717) is 12.3 Å². The summed E-state index contributed by atoms with van der Waals surface area (Å²) in [5.41, 5.74) is 1.47. The van der Waals surface area contributed by atoms with Crippen LogP contribution in [0.5, 0.6) is 0 Å². The number of hydrogen-bond acceptors (Lipinski definition) is 5. The van der Waals surface area contributed by atoms with Gasteiger partial charge >= 0.3 is 0 Å². The van der Waals surface area contributed by atoms with Gasteiger partial charge in [0.1, 0.15) is 0 Å². The van der Waals surface area contributed by atoms with E-state index < -0.39 is 5.60 Å². The Morgan fingerprint density at radius 2 is 1.97 bits per heavy atom. The van der Waals surface area contributed by atoms with Gasteiger partial charge in [0.25, 0.3) is 0 Å². The van der Waals surface area contributed by atoms with Crippen LogP contribution in [0.4, 0.5) is 0 Å². The van der Waals surface area contributed by atoms with Gasteiger partial charge < -0.3 is 14.2 Å². The largest absolute Gasteiger partial charge is 0.359 e. The van der Waals surface area contributed by atoms with Crippen molar-refractivity contribution >= 4 is 45.1 Å². The molecule has 31 heavy (non-hydrogen) atoms. The zero-order chi connectivity index (χ0) is 21.8. The van der Waals surface area contributed by atoms with Crippen molar-refractivity contribution < 1.29 is 14.2 Å². The Kier molecular flexibility index (Phi) is 7.44. The Balaban J connectivity index is 1.90. The van der Waals surface area contributed by atoms with E-state index in [0.717, 1.165) is 39.3 Å². The van der Waals surface area contributed by atoms with E-state index in [1.807, 2.05) is 56.3 Å². The number of fused-ring (bicyclic) bond motifs is 1. The lowest BCUT2D eigenvalue weighted by Crippen LogP contribution is -2.42. The molecule has 3 aromatic rings. The first-order valence-corrected chi connectivity index (χ1v) is 12.0. The molecule has 2 heterocycles. The molecule has 1 fully saturated rings. The topological polar surface area (TPSA) is 53.5 Å². The minimum atomic E-state index is -0.967. The molecular weight excluding hydrogens is 527 g/mol. The number of benzene rings is 2. The Bertz CT molecular complexity index is 1030. The fourth-order valence-corrected chi connectivity index (χ4v) is 4.66. The van der Waals surface area contributed by atoms with Gasteiger partial charge in [0, 0.05) is 15.6 Å². The molecule has 0 spiro atoms. The van der Waals surface area contributed by atoms with Crippen LogP contribution in [0, 0.1) is 3.57 Å². The predicted molar refractivity (Wildman–Crippen MR) is 130 cm³/mol. The molecule has 164 valence electrons. The third kappa shape index (κ3) is 5.20. The maximum atomic E-state index is 6.67. The fourth-order valence-electron chi connectivity index (χ4n) is 3.99. The average molecular weight is 553 g/mol. The second-order valence-corrected chi connectivity index (χ2v) is 9.55. The number of rotatable bonds is 7. The van der Waals surface area contributed by atoms with Crippen LogP contribution < -0.4 is 0 Å². The fraction of sp³-hybridized carbons (Fsp3) is 0.417. The number of halogens is 2. The van der Waals surface area contributed by atoms with E-state index in [4.69, 9.17) is 30.8 Å². The normalized spacial score (nSPS) is 18.9. The van der Waals surface area contributed by atoms with E-state index in [-0.39, 0.29) is 24.3 Å². The molecule has 2 atom stereocenters. The molecule has 1 aromatic heterocycles. The summed E-state index contributed by atoms with van der Waals surface area (Å²) in [7, 11) is 0. The highest BCUT2D eigenvalue weighted by molar-refractivity contribution is 14.1. The molecule has 0 N–H and O–H groups in total. The van der Waals surface area contributed by atoms with Crippen LogP contribution in [0.2, 0.25) is 5.28 Å². The first-order chi connectivity index (χ1) is 15.0. The third-order valence-electron chi connectivity index (χ3n) is 5.30. The van der Waals surface area contributed by atoms with E-state index in [1.54, 1.807) is 0 Å². The number of aromatic nitrogens is 2. The maximum Gasteiger partial charge on any atom is 0.223 e. The van der Waals surface area contributed by atoms with Gasteiger partial charge in [0.15, 0.2) is 11.9 Å². The summed E-state index contributed by atoms with van der Waals surface area (Å²) in [4.78, 5) is 9.16. The molecule has 0 aliphatic carbocycles. The van der Waals surface area contributed by atoms with Gasteiger partial charge in [-0.15, -0.1) is 0 Å². The predicted octanol–water partition coefficient (Wildman–Crippen LogP) is 6.10. The zero-order valence-electron chi connectivity index (χ0n) is 17.7. The van der Waals surface area contributed by atoms with Crippen molar-refractivity contribution in [3.63, 3.8) is 0 Å². The van der Waals surface area contributed by atoms with E-state index in [1.165, 1.54) is 0 Å². The highest BCUT2D eigenvalue weighted by Crippen LogP contribution is 2.39. The van der Waals surface area contributed by atoms with Gasteiger partial charge in [-0.05, 0) is 91.1 Å². The summed E-state index contributed by atoms with van der Waals surface area (Å²) < 4.78 is 19.9. The van der Waals surface area contributed by atoms with Gasteiger partial charge in [0.2, 0.25) is 5.28 Å². The summed E-state index contributed by atoms with van der Waals surface area (Å²) in [6, 6.07) is 16.1. The van der Waals surface area contributed by atoms with Gasteiger partial charge in [-0.1, -0.05) is 30.3 Å². The van der Waals surface area contributed by atoms with Crippen molar-refractivity contribution in [2.45, 2.75) is 51.1 Å². The van der Waals surface area contributed by atoms with Crippen molar-refractivity contribution in [3.05, 3.63) is 68.6 Å². The molecule has 1 saturated heterocycles. The number of hydrogen-bond donors (Lipinski definition) is 0. The molecule has 0 saturated carbocycles. The van der Waals surface area contributed by atoms with E-state index in [9.17, 15) is 0 Å². The smallest absolute Gasteiger partial charge is 0.223 e. The highest BCUT2D eigenvalue weighted by atomic mass is 127. The molecule has 0 bridgehead atoms. The highest BCUT2D eigenvalue weighted by Gasteiger charge is 2.41. The van der Waals surface area contributed by atoms with Crippen LogP contribution in [0.1, 0.15) is 44.4 Å². The van der Waals surface area contributed by atoms with Crippen molar-refractivity contribution in [2.75, 3.05) is 13.2 Å². The molecule has 0 amide bonds. The second-order valence-electron chi connectivity index (χ2n) is 7.97. The minimum Gasteiger partial charge on any atom is -0.359 e. The van der Waals surface area contributed by atoms with Crippen LogP contribution in [-0.2, 0) is 19.8 Å². The summed E-state index contributed by atoms with van der Waals surface area (Å²) in [6.45, 7) is 5.01. The monoisotopic (exact) mass is 552 g/mol. The molecule has 0 radical (unpaired) electrons. The Hall–Kier alpha value is -1.32. The maximum absolute atomic E-state index is 6.67. The van der Waals surface area contributed by atoms with Crippen LogP contribution in [-0.4, -0.2) is 35.6 Å². The molecule has 2 aromatic carbocycles. The SMILES string of the molecule is CC(C)OC(COC1CCCCO1)(c1ccccc1)c1nc(Cl)nc2ccc(I)cc12. The molecule has 1 aliphatic heterocycles. The van der Waals surface area contributed by atoms with Gasteiger partial charge in [-0.2, -0.15) is 0 Å². The minimum absolute atomic E-state index is 0.0809. The molecule has 7 heteroatoms. The van der Waals surface area contributed by atoms with Gasteiger partial charge in [-0.25, -0.2) is 9.97 Å². The summed E-state index contributed by atoms with van der Waals surface area (Å²) in [5.74, 6) is 0. The van der Waals surface area contributed by atoms with Crippen molar-refractivity contribution in [1.82, 2.24) is 9.97 Å². The van der Waals surface area contributed by atoms with Crippen molar-refractivity contribution in [3.8, 4) is 0 Å². The number of ether oxygens (including phenoxy) is 3. The first kappa shape index (κ1) is 22.9. The quantitative estimate of drug-likeness (QED) is 0.262. The lowest BCUT2D eigenvalue weighted by Gasteiger charge is -2.37. The summed E-state index contributed by atoms with van der Waals surface area (Å²) in [6.07, 6.45) is 2.69. The molecule has 2 unspecified atom stereocenters. The Morgan fingerprint density at radius 1 is 1.16 bits per heavy atom. The zero-order valence-corrected chi connectivity index (χ0v) is 20.6. The third-order valence-corrected chi connectivity index (χ3v) is 6.14. The van der Waals surface area contributed by atoms with E-state index in [2.05, 4.69) is 33.6 Å². The lowest BCUT2D eigenvalue weighted by atomic mass is 9.88. The Morgan fingerprint density at radius 3 is 2.68 bits per heavy atom. The van der Waals surface area contributed by atoms with Crippen LogP contribution in [0.3, 0.4) is 0 Å². The summed E-state index contributed by atoms with van der Waals surface area (Å²) >= 11 is 8.69. The van der Waals surface area contributed by atoms with Crippen LogP contribution >= 0.6 is 34.2 Å². The van der Waals surface area contributed by atoms with Crippen molar-refractivity contribution in [1.29, 1.82) is 0 Å². The molecule has 4 rings (SSSR count). The number of nitrogens with zero attached hydrogens (tertiary/aromatic N) is 2. The second kappa shape index (κ2) is 10.1. The van der Waals surface area contributed by atoms with Gasteiger partial charge in [-0.3, -0.25) is 0 Å². The van der Waals surface area contributed by atoms with Crippen LogP contribution in [0.25, 0.3) is 10.9 Å². The first-order valence-electron chi connectivity index (χ1n) is 10.6. The van der Waals surface area contributed by atoms with E-state index >= 15 is 0 Å². The molecular formula is C24H26ClIN2O3. The summed E-state index contributed by atoms with van der Waals surface area (Å²) in [5, 5.41) is 1.08. The molecule has 1 aliphatic rings. The Labute approximate surface area is 201 Å². The molecule has 5 nitrogen and oxygen atoms in total. The average Bonchev–Trinajstić information content (AvgIpc) is 2.77. The van der Waals surface area contributed by atoms with Crippen LogP contribution in [0.15, 0.2) is 48.5 Å². The van der Waals surface area contributed by atoms with Gasteiger partial charge in [0.05, 0.1) is 23.9 Å². The van der Waals surface area contributed by atoms with Crippen molar-refractivity contribution in [2.24, 2.45) is 0 Å².